The third kappa shape index (κ3) is 7.74. The molecule has 0 aromatic rings. The molecule has 0 bridgehead atoms. The normalized spacial score (nSPS) is 21.1. The van der Waals surface area contributed by atoms with Crippen LogP contribution in [-0.2, 0) is 21.7 Å². The maximum absolute atomic E-state index is 3.61. The molecule has 0 aromatic carbocycles. The summed E-state index contributed by atoms with van der Waals surface area (Å²) < 4.78 is 0. The van der Waals surface area contributed by atoms with Crippen LogP contribution in [0.1, 0.15) is 46.5 Å². The molecule has 108 valence electrons. The van der Waals surface area contributed by atoms with Gasteiger partial charge in [0.2, 0.25) is 0 Å². The van der Waals surface area contributed by atoms with E-state index >= 15 is 0 Å². The van der Waals surface area contributed by atoms with Crippen molar-refractivity contribution in [2.45, 2.75) is 57.5 Å². The van der Waals surface area contributed by atoms with Crippen LogP contribution in [0.4, 0.5) is 0 Å². The summed E-state index contributed by atoms with van der Waals surface area (Å²) in [4.78, 5) is 0. The molecule has 0 aromatic heterocycles. The molecule has 5 heteroatoms. The second kappa shape index (κ2) is 10.9. The molecule has 0 radical (unpaired) electrons. The van der Waals surface area contributed by atoms with Crippen molar-refractivity contribution >= 4 is 9.52 Å². The summed E-state index contributed by atoms with van der Waals surface area (Å²) in [5.74, 6) is 0.728. The van der Waals surface area contributed by atoms with Crippen LogP contribution in [0.3, 0.4) is 0 Å². The SMILES string of the molecule is CC(C)(C)[SiH2]CC1[C-]=CC2=C1CCCC2.[Cl-].[Cl-].[Cl-].[Ti+4]. The van der Waals surface area contributed by atoms with E-state index in [9.17, 15) is 0 Å². The molecule has 2 aliphatic carbocycles. The fourth-order valence-electron chi connectivity index (χ4n) is 2.65. The number of halogens is 3. The number of allylic oxidation sites excluding steroid dienone is 4. The Morgan fingerprint density at radius 1 is 1.16 bits per heavy atom. The minimum Gasteiger partial charge on any atom is -1.00 e. The van der Waals surface area contributed by atoms with Crippen molar-refractivity contribution < 1.29 is 58.9 Å². The number of hydrogen-bond donors (Lipinski definition) is 0. The van der Waals surface area contributed by atoms with Crippen LogP contribution in [0.2, 0.25) is 11.1 Å². The van der Waals surface area contributed by atoms with Gasteiger partial charge in [0.1, 0.15) is 0 Å². The summed E-state index contributed by atoms with van der Waals surface area (Å²) in [7, 11) is 0.0562. The van der Waals surface area contributed by atoms with E-state index in [4.69, 9.17) is 0 Å². The predicted octanol–water partition coefficient (Wildman–Crippen LogP) is -5.34. The molecule has 2 rings (SSSR count). The van der Waals surface area contributed by atoms with E-state index in [0.29, 0.717) is 5.04 Å². The first-order valence-corrected chi connectivity index (χ1v) is 8.08. The molecule has 19 heavy (non-hydrogen) atoms. The summed E-state index contributed by atoms with van der Waals surface area (Å²) in [5, 5.41) is 0.611. The fourth-order valence-corrected chi connectivity index (χ4v) is 4.32. The van der Waals surface area contributed by atoms with Crippen LogP contribution < -0.4 is 37.2 Å². The van der Waals surface area contributed by atoms with E-state index in [2.05, 4.69) is 32.9 Å². The largest absolute Gasteiger partial charge is 4.00 e. The summed E-state index contributed by atoms with van der Waals surface area (Å²) in [5.41, 5.74) is 3.41. The fraction of sp³-hybridized carbons (Fsp3) is 0.714. The van der Waals surface area contributed by atoms with E-state index in [1.807, 2.05) is 0 Å². The summed E-state index contributed by atoms with van der Waals surface area (Å²) in [6.07, 6.45) is 11.4. The zero-order valence-corrected chi connectivity index (χ0v) is 17.3. The number of hydrogen-bond acceptors (Lipinski definition) is 0. The first-order chi connectivity index (χ1) is 7.06. The standard InChI is InChI=1S/C14H23Si.3ClH.Ti/c1-14(2,3)15-10-12-9-8-11-6-4-5-7-13(11)12;;;;/h8,12H,4-7,10,15H2,1-3H3;3*1H;/q-1;;;;+4/p-3. The molecule has 0 nitrogen and oxygen atoms in total. The van der Waals surface area contributed by atoms with E-state index in [1.165, 1.54) is 31.7 Å². The molecular formula is C14H23Cl3SiTi. The predicted molar refractivity (Wildman–Crippen MR) is 69.9 cm³/mol. The van der Waals surface area contributed by atoms with Gasteiger partial charge in [0.25, 0.3) is 0 Å². The Hall–Kier alpha value is 1.28. The molecule has 0 spiro atoms. The first kappa shape index (κ1) is 25.2. The van der Waals surface area contributed by atoms with Gasteiger partial charge in [-0.1, -0.05) is 52.0 Å². The number of rotatable bonds is 2. The van der Waals surface area contributed by atoms with Gasteiger partial charge in [-0.25, -0.2) is 6.08 Å². The molecule has 0 aliphatic heterocycles. The van der Waals surface area contributed by atoms with Crippen LogP contribution in [0.5, 0.6) is 0 Å². The van der Waals surface area contributed by atoms with Gasteiger partial charge < -0.3 is 37.2 Å². The third-order valence-electron chi connectivity index (χ3n) is 3.62. The summed E-state index contributed by atoms with van der Waals surface area (Å²) in [6.45, 7) is 7.19. The van der Waals surface area contributed by atoms with Gasteiger partial charge in [0.15, 0.2) is 0 Å². The summed E-state index contributed by atoms with van der Waals surface area (Å²) in [6, 6.07) is 1.44. The first-order valence-electron chi connectivity index (χ1n) is 6.37. The molecule has 1 unspecified atom stereocenters. The molecule has 0 amide bonds. The van der Waals surface area contributed by atoms with Crippen molar-refractivity contribution in [2.75, 3.05) is 0 Å². The van der Waals surface area contributed by atoms with Gasteiger partial charge >= 0.3 is 21.7 Å². The second-order valence-corrected chi connectivity index (χ2v) is 9.42. The molecule has 0 fully saturated rings. The van der Waals surface area contributed by atoms with Crippen molar-refractivity contribution in [1.82, 2.24) is 0 Å². The van der Waals surface area contributed by atoms with E-state index in [1.54, 1.807) is 11.1 Å². The Bertz CT molecular complexity index is 308. The maximum Gasteiger partial charge on any atom is 4.00 e. The van der Waals surface area contributed by atoms with Crippen molar-refractivity contribution in [2.24, 2.45) is 5.92 Å². The third-order valence-corrected chi connectivity index (χ3v) is 5.98. The molecular weight excluding hydrogens is 350 g/mol. The minimum absolute atomic E-state index is 0. The van der Waals surface area contributed by atoms with Crippen LogP contribution in [0, 0.1) is 12.0 Å². The van der Waals surface area contributed by atoms with Crippen molar-refractivity contribution in [3.8, 4) is 0 Å². The van der Waals surface area contributed by atoms with Gasteiger partial charge in [0.05, 0.1) is 0 Å². The zero-order valence-electron chi connectivity index (χ0n) is 12.0. The molecule has 2 aliphatic rings. The van der Waals surface area contributed by atoms with Gasteiger partial charge in [0, 0.05) is 9.52 Å². The van der Waals surface area contributed by atoms with Gasteiger partial charge in [-0.05, 0) is 11.5 Å². The van der Waals surface area contributed by atoms with Crippen LogP contribution in [-0.4, -0.2) is 9.52 Å². The van der Waals surface area contributed by atoms with Gasteiger partial charge in [-0.3, -0.25) is 6.08 Å². The Balaban J connectivity index is -0.000000640. The van der Waals surface area contributed by atoms with Crippen LogP contribution in [0.25, 0.3) is 0 Å². The van der Waals surface area contributed by atoms with E-state index in [0.717, 1.165) is 5.92 Å². The molecule has 1 atom stereocenters. The minimum atomic E-state index is 0. The van der Waals surface area contributed by atoms with Gasteiger partial charge in [-0.2, -0.15) is 11.1 Å². The van der Waals surface area contributed by atoms with Gasteiger partial charge in [-0.15, -0.1) is 0 Å². The van der Waals surface area contributed by atoms with E-state index in [-0.39, 0.29) is 68.5 Å². The molecule has 0 heterocycles. The second-order valence-electron chi connectivity index (χ2n) is 6.22. The van der Waals surface area contributed by atoms with Crippen molar-refractivity contribution in [3.05, 3.63) is 23.3 Å². The Labute approximate surface area is 154 Å². The molecule has 0 saturated carbocycles. The van der Waals surface area contributed by atoms with Crippen LogP contribution >= 0.6 is 0 Å². The summed E-state index contributed by atoms with van der Waals surface area (Å²) >= 11 is 0. The monoisotopic (exact) mass is 372 g/mol. The Morgan fingerprint density at radius 2 is 1.74 bits per heavy atom. The van der Waals surface area contributed by atoms with E-state index < -0.39 is 0 Å². The topological polar surface area (TPSA) is 0 Å². The van der Waals surface area contributed by atoms with Crippen molar-refractivity contribution in [1.29, 1.82) is 0 Å². The Morgan fingerprint density at radius 3 is 2.32 bits per heavy atom. The molecule has 0 saturated heterocycles. The molecule has 0 N–H and O–H groups in total. The Kier molecular flexibility index (Phi) is 14.5. The smallest absolute Gasteiger partial charge is 1.00 e. The average molecular weight is 374 g/mol. The quantitative estimate of drug-likeness (QED) is 0.335. The van der Waals surface area contributed by atoms with Crippen LogP contribution in [0.15, 0.2) is 17.2 Å². The van der Waals surface area contributed by atoms with Crippen molar-refractivity contribution in [3.63, 3.8) is 0 Å². The average Bonchev–Trinajstić information content (AvgIpc) is 2.57. The maximum atomic E-state index is 3.61. The zero-order chi connectivity index (χ0) is 10.9.